The van der Waals surface area contributed by atoms with Gasteiger partial charge in [0, 0.05) is 18.2 Å². The fourth-order valence-corrected chi connectivity index (χ4v) is 4.66. The van der Waals surface area contributed by atoms with Gasteiger partial charge in [0.1, 0.15) is 0 Å². The van der Waals surface area contributed by atoms with Crippen LogP contribution in [-0.2, 0) is 0 Å². The molecule has 0 unspecified atom stereocenters. The van der Waals surface area contributed by atoms with E-state index in [-0.39, 0.29) is 5.91 Å². The minimum Gasteiger partial charge on any atom is -0.335 e. The summed E-state index contributed by atoms with van der Waals surface area (Å²) in [5.41, 5.74) is 2.63. The highest BCUT2D eigenvalue weighted by molar-refractivity contribution is 5.96. The standard InChI is InChI=1S/C18H25NO/c1-13-7-5-6-8-15(13)16(20)19-12-18(4)10-14(19)9-17(2,3)11-18/h5-8,14H,9-12H2,1-4H3/t14-,18+/m1/s1. The minimum atomic E-state index is 0.231. The Morgan fingerprint density at radius 1 is 1.20 bits per heavy atom. The zero-order valence-corrected chi connectivity index (χ0v) is 13.1. The van der Waals surface area contributed by atoms with Gasteiger partial charge in [-0.05, 0) is 48.6 Å². The van der Waals surface area contributed by atoms with E-state index < -0.39 is 0 Å². The topological polar surface area (TPSA) is 20.3 Å². The van der Waals surface area contributed by atoms with E-state index in [1.165, 1.54) is 12.8 Å². The molecule has 0 spiro atoms. The van der Waals surface area contributed by atoms with Crippen LogP contribution in [0.2, 0.25) is 0 Å². The zero-order chi connectivity index (χ0) is 14.5. The van der Waals surface area contributed by atoms with Gasteiger partial charge in [-0.25, -0.2) is 0 Å². The van der Waals surface area contributed by atoms with Gasteiger partial charge in [-0.3, -0.25) is 4.79 Å². The number of benzene rings is 1. The van der Waals surface area contributed by atoms with Crippen molar-refractivity contribution in [3.05, 3.63) is 35.4 Å². The van der Waals surface area contributed by atoms with E-state index in [1.54, 1.807) is 0 Å². The van der Waals surface area contributed by atoms with Crippen molar-refractivity contribution in [3.8, 4) is 0 Å². The molecule has 1 aliphatic heterocycles. The van der Waals surface area contributed by atoms with Crippen LogP contribution in [0.4, 0.5) is 0 Å². The molecule has 2 fully saturated rings. The summed E-state index contributed by atoms with van der Waals surface area (Å²) in [5.74, 6) is 0.231. The smallest absolute Gasteiger partial charge is 0.254 e. The van der Waals surface area contributed by atoms with Gasteiger partial charge in [0.2, 0.25) is 0 Å². The van der Waals surface area contributed by atoms with Crippen molar-refractivity contribution < 1.29 is 4.79 Å². The molecular formula is C18H25NO. The first-order chi connectivity index (χ1) is 9.30. The van der Waals surface area contributed by atoms with Crippen LogP contribution in [0.5, 0.6) is 0 Å². The van der Waals surface area contributed by atoms with Crippen LogP contribution in [0.3, 0.4) is 0 Å². The van der Waals surface area contributed by atoms with E-state index in [2.05, 4.69) is 25.7 Å². The molecule has 2 heteroatoms. The third-order valence-electron chi connectivity index (χ3n) is 5.05. The van der Waals surface area contributed by atoms with Crippen LogP contribution in [0.1, 0.15) is 56.0 Å². The lowest BCUT2D eigenvalue weighted by molar-refractivity contribution is 0.0707. The average molecular weight is 271 g/mol. The first-order valence-electron chi connectivity index (χ1n) is 7.66. The summed E-state index contributed by atoms with van der Waals surface area (Å²) < 4.78 is 0. The lowest BCUT2D eigenvalue weighted by Gasteiger charge is -2.39. The predicted molar refractivity (Wildman–Crippen MR) is 81.7 cm³/mol. The number of hydrogen-bond acceptors (Lipinski definition) is 1. The van der Waals surface area contributed by atoms with Crippen molar-refractivity contribution >= 4 is 5.91 Å². The Bertz CT molecular complexity index is 548. The first kappa shape index (κ1) is 13.7. The Kier molecular flexibility index (Phi) is 2.97. The maximum Gasteiger partial charge on any atom is 0.254 e. The lowest BCUT2D eigenvalue weighted by Crippen LogP contribution is -2.38. The van der Waals surface area contributed by atoms with E-state index in [4.69, 9.17) is 0 Å². The quantitative estimate of drug-likeness (QED) is 0.755. The minimum absolute atomic E-state index is 0.231. The number of carbonyl (C=O) groups is 1. The summed E-state index contributed by atoms with van der Waals surface area (Å²) in [5, 5.41) is 0. The Labute approximate surface area is 122 Å². The number of carbonyl (C=O) groups excluding carboxylic acids is 1. The fourth-order valence-electron chi connectivity index (χ4n) is 4.66. The van der Waals surface area contributed by atoms with Crippen LogP contribution in [0.15, 0.2) is 24.3 Å². The Morgan fingerprint density at radius 2 is 1.90 bits per heavy atom. The third-order valence-corrected chi connectivity index (χ3v) is 5.05. The van der Waals surface area contributed by atoms with Crippen molar-refractivity contribution in [2.24, 2.45) is 10.8 Å². The van der Waals surface area contributed by atoms with Crippen molar-refractivity contribution in [1.29, 1.82) is 0 Å². The number of nitrogens with zero attached hydrogens (tertiary/aromatic N) is 1. The molecular weight excluding hydrogens is 246 g/mol. The van der Waals surface area contributed by atoms with Gasteiger partial charge in [0.25, 0.3) is 5.91 Å². The molecule has 2 nitrogen and oxygen atoms in total. The summed E-state index contributed by atoms with van der Waals surface area (Å²) >= 11 is 0. The summed E-state index contributed by atoms with van der Waals surface area (Å²) in [6, 6.07) is 8.39. The lowest BCUT2D eigenvalue weighted by atomic mass is 9.65. The summed E-state index contributed by atoms with van der Waals surface area (Å²) in [7, 11) is 0. The molecule has 2 atom stereocenters. The fraction of sp³-hybridized carbons (Fsp3) is 0.611. The highest BCUT2D eigenvalue weighted by Gasteiger charge is 2.51. The molecule has 3 rings (SSSR count). The molecule has 108 valence electrons. The molecule has 20 heavy (non-hydrogen) atoms. The normalized spacial score (nSPS) is 31.4. The monoisotopic (exact) mass is 271 g/mol. The molecule has 1 aromatic rings. The third kappa shape index (κ3) is 2.25. The van der Waals surface area contributed by atoms with E-state index in [0.29, 0.717) is 16.9 Å². The van der Waals surface area contributed by atoms with E-state index in [1.807, 2.05) is 31.2 Å². The van der Waals surface area contributed by atoms with E-state index in [0.717, 1.165) is 24.1 Å². The van der Waals surface area contributed by atoms with Crippen LogP contribution in [-0.4, -0.2) is 23.4 Å². The number of hydrogen-bond donors (Lipinski definition) is 0. The molecule has 2 bridgehead atoms. The molecule has 1 aromatic carbocycles. The summed E-state index contributed by atoms with van der Waals surface area (Å²) in [6.45, 7) is 10.00. The number of amides is 1. The van der Waals surface area contributed by atoms with Crippen LogP contribution in [0, 0.1) is 17.8 Å². The predicted octanol–water partition coefficient (Wildman–Crippen LogP) is 4.04. The highest BCUT2D eigenvalue weighted by atomic mass is 16.2. The van der Waals surface area contributed by atoms with Crippen LogP contribution in [0.25, 0.3) is 0 Å². The molecule has 1 aliphatic carbocycles. The second-order valence-corrected chi connectivity index (χ2v) is 7.96. The van der Waals surface area contributed by atoms with E-state index in [9.17, 15) is 4.79 Å². The molecule has 0 radical (unpaired) electrons. The second-order valence-electron chi connectivity index (χ2n) is 7.96. The molecule has 1 heterocycles. The van der Waals surface area contributed by atoms with Crippen molar-refractivity contribution in [2.45, 2.75) is 53.0 Å². The molecule has 1 saturated carbocycles. The van der Waals surface area contributed by atoms with E-state index >= 15 is 0 Å². The zero-order valence-electron chi connectivity index (χ0n) is 13.1. The molecule has 0 N–H and O–H groups in total. The first-order valence-corrected chi connectivity index (χ1v) is 7.66. The van der Waals surface area contributed by atoms with Crippen molar-refractivity contribution in [1.82, 2.24) is 4.90 Å². The van der Waals surface area contributed by atoms with Crippen LogP contribution >= 0.6 is 0 Å². The van der Waals surface area contributed by atoms with Gasteiger partial charge in [0.15, 0.2) is 0 Å². The summed E-state index contributed by atoms with van der Waals surface area (Å²) in [4.78, 5) is 15.0. The van der Waals surface area contributed by atoms with Gasteiger partial charge < -0.3 is 4.90 Å². The largest absolute Gasteiger partial charge is 0.335 e. The molecule has 2 aliphatic rings. The molecule has 1 saturated heterocycles. The Hall–Kier alpha value is -1.31. The van der Waals surface area contributed by atoms with Crippen molar-refractivity contribution in [2.75, 3.05) is 6.54 Å². The Morgan fingerprint density at radius 3 is 2.60 bits per heavy atom. The van der Waals surface area contributed by atoms with Gasteiger partial charge in [-0.1, -0.05) is 39.0 Å². The Balaban J connectivity index is 1.89. The maximum atomic E-state index is 12.9. The van der Waals surface area contributed by atoms with Gasteiger partial charge in [-0.15, -0.1) is 0 Å². The average Bonchev–Trinajstić information content (AvgIpc) is 2.58. The SMILES string of the molecule is Cc1ccccc1C(=O)N1C[C@@]2(C)C[C@H]1CC(C)(C)C2. The molecule has 1 amide bonds. The van der Waals surface area contributed by atoms with Gasteiger partial charge >= 0.3 is 0 Å². The second kappa shape index (κ2) is 4.34. The maximum absolute atomic E-state index is 12.9. The number of fused-ring (bicyclic) bond motifs is 2. The number of aryl methyl sites for hydroxylation is 1. The van der Waals surface area contributed by atoms with Gasteiger partial charge in [0.05, 0.1) is 0 Å². The van der Waals surface area contributed by atoms with Crippen molar-refractivity contribution in [3.63, 3.8) is 0 Å². The number of likely N-dealkylation sites (tertiary alicyclic amines) is 1. The summed E-state index contributed by atoms with van der Waals surface area (Å²) in [6.07, 6.45) is 3.54. The number of rotatable bonds is 1. The van der Waals surface area contributed by atoms with Gasteiger partial charge in [-0.2, -0.15) is 0 Å². The highest BCUT2D eigenvalue weighted by Crippen LogP contribution is 2.52. The van der Waals surface area contributed by atoms with Crippen LogP contribution < -0.4 is 0 Å². The molecule has 0 aromatic heterocycles.